The van der Waals surface area contributed by atoms with Crippen molar-refractivity contribution in [3.63, 3.8) is 0 Å². The van der Waals surface area contributed by atoms with Gasteiger partial charge in [0.2, 0.25) is 0 Å². The summed E-state index contributed by atoms with van der Waals surface area (Å²) in [4.78, 5) is 58.7. The number of Topliss-reactive ketones (excluding diaryl/α,β-unsaturated/α-hetero) is 2. The normalized spacial score (nSPS) is 15.7. The standard InChI is InChI=1S/C24H26F3N5O2.C24H27F2N5O3/c1-3-32-22-19(13-29-32)21(31-17-8-10-18(33)11-9-17)20(12-28-22)23(34)30-14(2)15-4-6-16(7-5-15)24(25,26)27;1-3-31-22-19(13-28-31)21(30-16-6-8-17(32)9-7-16)20(12-27-22)23(33)29-14(2)15-4-10-18(11-5-15)34-24(25)26/h4-7,12-14,17H,3,8-11H2,1-2H3,(H,28,31)(H,30,34);4-5,10-14,16,24H,3,6-9H2,1-2H3,(H,27,30)(H,29,33). The van der Waals surface area contributed by atoms with Crippen LogP contribution in [0.1, 0.15) is 129 Å². The van der Waals surface area contributed by atoms with Gasteiger partial charge in [0.1, 0.15) is 17.3 Å². The van der Waals surface area contributed by atoms with Gasteiger partial charge in [-0.3, -0.25) is 19.2 Å². The third kappa shape index (κ3) is 11.6. The lowest BCUT2D eigenvalue weighted by Crippen LogP contribution is -2.30. The molecule has 4 heterocycles. The van der Waals surface area contributed by atoms with Gasteiger partial charge in [0.25, 0.3) is 11.8 Å². The number of nitrogens with zero attached hydrogens (tertiary/aromatic N) is 6. The molecule has 2 aliphatic rings. The molecule has 2 atom stereocenters. The van der Waals surface area contributed by atoms with Crippen molar-refractivity contribution in [3.8, 4) is 5.75 Å². The lowest BCUT2D eigenvalue weighted by atomic mass is 9.94. The summed E-state index contributed by atoms with van der Waals surface area (Å²) in [6.45, 7) is 5.79. The number of carbonyl (C=O) groups excluding carboxylic acids is 4. The van der Waals surface area contributed by atoms with Crippen LogP contribution in [0.2, 0.25) is 0 Å². The van der Waals surface area contributed by atoms with Gasteiger partial charge in [0.05, 0.1) is 63.3 Å². The Morgan fingerprint density at radius 3 is 1.43 bits per heavy atom. The highest BCUT2D eigenvalue weighted by Gasteiger charge is 2.31. The molecule has 20 heteroatoms. The molecule has 2 unspecified atom stereocenters. The van der Waals surface area contributed by atoms with Crippen molar-refractivity contribution < 1.29 is 45.9 Å². The number of hydrogen-bond acceptors (Lipinski definition) is 11. The number of ketones is 2. The first-order valence-electron chi connectivity index (χ1n) is 22.6. The van der Waals surface area contributed by atoms with Gasteiger partial charge in [-0.25, -0.2) is 19.3 Å². The van der Waals surface area contributed by atoms with E-state index in [0.717, 1.165) is 23.1 Å². The number of aromatic nitrogens is 6. The molecule has 0 saturated heterocycles. The molecule has 4 N–H and O–H groups in total. The molecule has 0 bridgehead atoms. The molecule has 0 radical (unpaired) electrons. The number of benzene rings is 2. The third-order valence-corrected chi connectivity index (χ3v) is 12.2. The SMILES string of the molecule is CCn1ncc2c(NC3CCC(=O)CC3)c(C(=O)NC(C)c3ccc(C(F)(F)F)cc3)cnc21.CCn1ncc2c(NC3CCC(=O)CC3)c(C(=O)NC(C)c3ccc(OC(F)F)cc3)cnc21. The molecule has 6 aromatic rings. The molecule has 2 aromatic carbocycles. The van der Waals surface area contributed by atoms with Gasteiger partial charge in [-0.05, 0) is 88.8 Å². The number of halogens is 5. The van der Waals surface area contributed by atoms with Crippen LogP contribution in [0, 0.1) is 0 Å². The average Bonchev–Trinajstić information content (AvgIpc) is 3.95. The Kier molecular flexibility index (Phi) is 15.3. The number of alkyl halides is 5. The summed E-state index contributed by atoms with van der Waals surface area (Å²) in [5, 5.41) is 22.9. The van der Waals surface area contributed by atoms with Crippen LogP contribution in [0.4, 0.5) is 33.3 Å². The Balaban J connectivity index is 0.000000201. The highest BCUT2D eigenvalue weighted by atomic mass is 19.4. The topological polar surface area (TPSA) is 187 Å². The largest absolute Gasteiger partial charge is 0.435 e. The van der Waals surface area contributed by atoms with Crippen molar-refractivity contribution >= 4 is 56.8 Å². The monoisotopic (exact) mass is 944 g/mol. The van der Waals surface area contributed by atoms with Crippen LogP contribution in [0.3, 0.4) is 0 Å². The number of pyridine rings is 2. The number of rotatable bonds is 14. The van der Waals surface area contributed by atoms with Crippen molar-refractivity contribution in [3.05, 3.63) is 101 Å². The second kappa shape index (κ2) is 21.3. The van der Waals surface area contributed by atoms with Crippen LogP contribution in [0.15, 0.2) is 73.3 Å². The van der Waals surface area contributed by atoms with E-state index < -0.39 is 30.3 Å². The number of hydrogen-bond donors (Lipinski definition) is 4. The van der Waals surface area contributed by atoms with Gasteiger partial charge in [-0.2, -0.15) is 32.1 Å². The van der Waals surface area contributed by atoms with E-state index in [9.17, 15) is 41.1 Å². The van der Waals surface area contributed by atoms with Crippen molar-refractivity contribution in [1.29, 1.82) is 0 Å². The minimum atomic E-state index is -4.42. The number of ether oxygens (including phenoxy) is 1. The highest BCUT2D eigenvalue weighted by Crippen LogP contribution is 2.33. The van der Waals surface area contributed by atoms with Gasteiger partial charge in [0, 0.05) is 63.3 Å². The zero-order valence-electron chi connectivity index (χ0n) is 38.0. The molecule has 4 aromatic heterocycles. The molecule has 2 aliphatic carbocycles. The quantitative estimate of drug-likeness (QED) is 0.0763. The van der Waals surface area contributed by atoms with Crippen molar-refractivity contribution in [2.75, 3.05) is 10.6 Å². The lowest BCUT2D eigenvalue weighted by molar-refractivity contribution is -0.137. The van der Waals surface area contributed by atoms with Gasteiger partial charge in [-0.1, -0.05) is 24.3 Å². The lowest BCUT2D eigenvalue weighted by Gasteiger charge is -2.25. The molecule has 360 valence electrons. The van der Waals surface area contributed by atoms with Crippen molar-refractivity contribution in [2.24, 2.45) is 0 Å². The van der Waals surface area contributed by atoms with Crippen LogP contribution < -0.4 is 26.0 Å². The van der Waals surface area contributed by atoms with Gasteiger partial charge in [0.15, 0.2) is 11.3 Å². The Morgan fingerprint density at radius 1 is 0.662 bits per heavy atom. The van der Waals surface area contributed by atoms with E-state index in [1.807, 2.05) is 20.8 Å². The molecule has 15 nitrogen and oxygen atoms in total. The van der Waals surface area contributed by atoms with Crippen LogP contribution in [0.5, 0.6) is 5.75 Å². The summed E-state index contributed by atoms with van der Waals surface area (Å²) in [6.07, 6.45) is 6.75. The van der Waals surface area contributed by atoms with E-state index in [4.69, 9.17) is 0 Å². The van der Waals surface area contributed by atoms with E-state index in [1.165, 1.54) is 36.7 Å². The first-order valence-corrected chi connectivity index (χ1v) is 22.6. The number of nitrogens with one attached hydrogen (secondary N) is 4. The maximum absolute atomic E-state index is 13.3. The molecule has 2 fully saturated rings. The second-order valence-electron chi connectivity index (χ2n) is 16.9. The first kappa shape index (κ1) is 48.9. The van der Waals surface area contributed by atoms with E-state index in [2.05, 4.69) is 46.2 Å². The van der Waals surface area contributed by atoms with Crippen LogP contribution in [-0.2, 0) is 28.9 Å². The Labute approximate surface area is 388 Å². The van der Waals surface area contributed by atoms with Gasteiger partial charge < -0.3 is 26.0 Å². The summed E-state index contributed by atoms with van der Waals surface area (Å²) < 4.78 is 71.2. The highest BCUT2D eigenvalue weighted by molar-refractivity contribution is 6.07. The maximum atomic E-state index is 13.3. The second-order valence-corrected chi connectivity index (χ2v) is 16.9. The summed E-state index contributed by atoms with van der Waals surface area (Å²) in [5.74, 6) is -0.181. The number of aryl methyl sites for hydroxylation is 2. The van der Waals surface area contributed by atoms with Crippen LogP contribution in [0.25, 0.3) is 22.1 Å². The Bertz CT molecular complexity index is 2740. The molecule has 0 aliphatic heterocycles. The number of carbonyl (C=O) groups is 4. The van der Waals surface area contributed by atoms with Crippen LogP contribution in [-0.4, -0.2) is 71.6 Å². The molecule has 0 spiro atoms. The molecular formula is C48H53F5N10O5. The van der Waals surface area contributed by atoms with Gasteiger partial charge in [-0.15, -0.1) is 0 Å². The fourth-order valence-corrected chi connectivity index (χ4v) is 8.36. The molecule has 68 heavy (non-hydrogen) atoms. The summed E-state index contributed by atoms with van der Waals surface area (Å²) in [7, 11) is 0. The average molecular weight is 945 g/mol. The minimum absolute atomic E-state index is 0.0344. The molecular weight excluding hydrogens is 892 g/mol. The summed E-state index contributed by atoms with van der Waals surface area (Å²) >= 11 is 0. The van der Waals surface area contributed by atoms with E-state index in [0.29, 0.717) is 109 Å². The Hall–Kier alpha value is -6.99. The van der Waals surface area contributed by atoms with E-state index >= 15 is 0 Å². The predicted octanol–water partition coefficient (Wildman–Crippen LogP) is 9.35. The zero-order valence-corrected chi connectivity index (χ0v) is 38.0. The minimum Gasteiger partial charge on any atom is -0.435 e. The Morgan fingerprint density at radius 2 is 1.06 bits per heavy atom. The fraction of sp³-hybridized carbons (Fsp3) is 0.417. The van der Waals surface area contributed by atoms with E-state index in [1.54, 1.807) is 40.8 Å². The fourth-order valence-electron chi connectivity index (χ4n) is 8.36. The molecule has 8 rings (SSSR count). The number of amides is 2. The van der Waals surface area contributed by atoms with Crippen molar-refractivity contribution in [2.45, 2.75) is 129 Å². The van der Waals surface area contributed by atoms with Gasteiger partial charge >= 0.3 is 12.8 Å². The predicted molar refractivity (Wildman–Crippen MR) is 244 cm³/mol. The molecule has 2 saturated carbocycles. The first-order chi connectivity index (χ1) is 32.5. The van der Waals surface area contributed by atoms with Crippen molar-refractivity contribution in [1.82, 2.24) is 40.2 Å². The maximum Gasteiger partial charge on any atom is 0.416 e. The van der Waals surface area contributed by atoms with Crippen LogP contribution >= 0.6 is 0 Å². The molecule has 2 amide bonds. The number of fused-ring (bicyclic) bond motifs is 2. The number of anilines is 2. The zero-order chi connectivity index (χ0) is 48.7. The summed E-state index contributed by atoms with van der Waals surface area (Å²) in [6, 6.07) is 10.1. The van der Waals surface area contributed by atoms with E-state index in [-0.39, 0.29) is 41.3 Å². The summed E-state index contributed by atoms with van der Waals surface area (Å²) in [5.41, 5.74) is 3.81. The smallest absolute Gasteiger partial charge is 0.416 e. The third-order valence-electron chi connectivity index (χ3n) is 12.2.